The Morgan fingerprint density at radius 1 is 1.37 bits per heavy atom. The molecule has 19 heavy (non-hydrogen) atoms. The van der Waals surface area contributed by atoms with Crippen LogP contribution < -0.4 is 0 Å². The first-order valence-electron chi connectivity index (χ1n) is 7.62. The molecular weight excluding hydrogens is 238 g/mol. The number of aryl methyl sites for hydroxylation is 1. The molecule has 3 rings (SSSR count). The zero-order valence-electron chi connectivity index (χ0n) is 11.8. The van der Waals surface area contributed by atoms with E-state index in [2.05, 4.69) is 27.7 Å². The molecule has 1 aromatic rings. The third-order valence-electron chi connectivity index (χ3n) is 4.84. The van der Waals surface area contributed by atoms with Gasteiger partial charge in [-0.1, -0.05) is 12.8 Å². The maximum Gasteiger partial charge on any atom is 0.108 e. The van der Waals surface area contributed by atoms with Gasteiger partial charge < -0.3 is 14.6 Å². The van der Waals surface area contributed by atoms with Gasteiger partial charge in [0.05, 0.1) is 6.10 Å². The third kappa shape index (κ3) is 2.84. The minimum absolute atomic E-state index is 0.119. The lowest BCUT2D eigenvalue weighted by Crippen LogP contribution is -2.46. The Morgan fingerprint density at radius 3 is 3.05 bits per heavy atom. The molecule has 1 N–H and O–H groups in total. The van der Waals surface area contributed by atoms with Crippen LogP contribution in [0.2, 0.25) is 0 Å². The second-order valence-corrected chi connectivity index (χ2v) is 6.26. The molecule has 0 radical (unpaired) electrons. The monoisotopic (exact) mass is 263 g/mol. The van der Waals surface area contributed by atoms with Gasteiger partial charge in [-0.05, 0) is 32.2 Å². The lowest BCUT2D eigenvalue weighted by Gasteiger charge is -2.37. The van der Waals surface area contributed by atoms with Crippen molar-refractivity contribution in [3.8, 4) is 0 Å². The zero-order valence-corrected chi connectivity index (χ0v) is 11.8. The Bertz CT molecular complexity index is 417. The lowest BCUT2D eigenvalue weighted by molar-refractivity contribution is 0.0231. The van der Waals surface area contributed by atoms with Crippen LogP contribution in [0.25, 0.3) is 0 Å². The van der Waals surface area contributed by atoms with Crippen molar-refractivity contribution in [2.75, 3.05) is 13.6 Å². The van der Waals surface area contributed by atoms with Crippen molar-refractivity contribution in [1.29, 1.82) is 0 Å². The number of aliphatic hydroxyl groups is 1. The summed E-state index contributed by atoms with van der Waals surface area (Å²) in [6.45, 7) is 2.18. The Hall–Kier alpha value is -0.870. The first-order chi connectivity index (χ1) is 9.24. The molecule has 0 aromatic carbocycles. The molecule has 1 aliphatic heterocycles. The van der Waals surface area contributed by atoms with E-state index in [-0.39, 0.29) is 6.10 Å². The van der Waals surface area contributed by atoms with Gasteiger partial charge >= 0.3 is 0 Å². The number of imidazole rings is 1. The second kappa shape index (κ2) is 5.63. The first-order valence-corrected chi connectivity index (χ1v) is 7.62. The van der Waals surface area contributed by atoms with Gasteiger partial charge in [0.2, 0.25) is 0 Å². The topological polar surface area (TPSA) is 41.3 Å². The smallest absolute Gasteiger partial charge is 0.108 e. The standard InChI is InChI=1S/C15H25N3O/c1-17(13-4-2-3-5-14(13)19)10-12-6-7-15-16-8-9-18(15)11-12/h8-9,12-14,19H,2-7,10-11H2,1H3/t12-,13-,14+/m0/s1. The number of likely N-dealkylation sites (N-methyl/N-ethyl adjacent to an activating group) is 1. The number of nitrogens with zero attached hydrogens (tertiary/aromatic N) is 3. The minimum Gasteiger partial charge on any atom is -0.391 e. The van der Waals surface area contributed by atoms with Crippen molar-refractivity contribution in [1.82, 2.24) is 14.5 Å². The van der Waals surface area contributed by atoms with Crippen molar-refractivity contribution in [3.05, 3.63) is 18.2 Å². The molecular formula is C15H25N3O. The summed E-state index contributed by atoms with van der Waals surface area (Å²) in [4.78, 5) is 6.78. The van der Waals surface area contributed by atoms with Crippen molar-refractivity contribution < 1.29 is 5.11 Å². The summed E-state index contributed by atoms with van der Waals surface area (Å²) in [6, 6.07) is 0.373. The Labute approximate surface area is 115 Å². The summed E-state index contributed by atoms with van der Waals surface area (Å²) in [5.74, 6) is 1.93. The molecule has 0 amide bonds. The van der Waals surface area contributed by atoms with E-state index in [1.54, 1.807) is 0 Å². The van der Waals surface area contributed by atoms with Crippen LogP contribution in [0.5, 0.6) is 0 Å². The quantitative estimate of drug-likeness (QED) is 0.902. The highest BCUT2D eigenvalue weighted by Crippen LogP contribution is 2.25. The molecule has 1 aromatic heterocycles. The number of fused-ring (bicyclic) bond motifs is 1. The number of hydrogen-bond acceptors (Lipinski definition) is 3. The van der Waals surface area contributed by atoms with E-state index < -0.39 is 0 Å². The molecule has 0 spiro atoms. The summed E-state index contributed by atoms with van der Waals surface area (Å²) >= 11 is 0. The summed E-state index contributed by atoms with van der Waals surface area (Å²) in [5, 5.41) is 10.1. The van der Waals surface area contributed by atoms with Crippen molar-refractivity contribution in [2.24, 2.45) is 5.92 Å². The highest BCUT2D eigenvalue weighted by molar-refractivity contribution is 4.97. The molecule has 0 saturated heterocycles. The van der Waals surface area contributed by atoms with E-state index in [0.717, 1.165) is 32.4 Å². The average Bonchev–Trinajstić information content (AvgIpc) is 2.86. The van der Waals surface area contributed by atoms with Crippen LogP contribution in [0, 0.1) is 5.92 Å². The average molecular weight is 263 g/mol. The Morgan fingerprint density at radius 2 is 2.21 bits per heavy atom. The molecule has 1 aliphatic carbocycles. The van der Waals surface area contributed by atoms with Gasteiger partial charge in [0.15, 0.2) is 0 Å². The van der Waals surface area contributed by atoms with Crippen LogP contribution in [-0.4, -0.2) is 45.3 Å². The van der Waals surface area contributed by atoms with E-state index in [0.29, 0.717) is 12.0 Å². The number of rotatable bonds is 3. The number of hydrogen-bond donors (Lipinski definition) is 1. The van der Waals surface area contributed by atoms with Gasteiger partial charge in [-0.3, -0.25) is 0 Å². The first kappa shape index (κ1) is 13.1. The third-order valence-corrected chi connectivity index (χ3v) is 4.84. The zero-order chi connectivity index (χ0) is 13.2. The van der Waals surface area contributed by atoms with E-state index in [4.69, 9.17) is 0 Å². The van der Waals surface area contributed by atoms with Crippen LogP contribution in [0.3, 0.4) is 0 Å². The molecule has 0 bridgehead atoms. The molecule has 4 nitrogen and oxygen atoms in total. The van der Waals surface area contributed by atoms with Gasteiger partial charge in [0, 0.05) is 37.9 Å². The minimum atomic E-state index is -0.119. The number of aliphatic hydroxyl groups excluding tert-OH is 1. The molecule has 3 atom stereocenters. The van der Waals surface area contributed by atoms with Gasteiger partial charge in [0.1, 0.15) is 5.82 Å². The highest BCUT2D eigenvalue weighted by Gasteiger charge is 2.29. The van der Waals surface area contributed by atoms with Crippen LogP contribution in [0.15, 0.2) is 12.4 Å². The summed E-state index contributed by atoms with van der Waals surface area (Å²) < 4.78 is 2.29. The van der Waals surface area contributed by atoms with Gasteiger partial charge in [-0.15, -0.1) is 0 Å². The van der Waals surface area contributed by atoms with E-state index >= 15 is 0 Å². The van der Waals surface area contributed by atoms with E-state index in [1.165, 1.54) is 25.1 Å². The SMILES string of the molecule is CN(C[C@@H]1CCc2nccn2C1)[C@H]1CCCC[C@H]1O. The molecule has 2 aliphatic rings. The molecule has 106 valence electrons. The largest absolute Gasteiger partial charge is 0.391 e. The normalized spacial score (nSPS) is 31.4. The Kier molecular flexibility index (Phi) is 3.89. The van der Waals surface area contributed by atoms with Gasteiger partial charge in [-0.25, -0.2) is 4.98 Å². The van der Waals surface area contributed by atoms with E-state index in [9.17, 15) is 5.11 Å². The fourth-order valence-corrected chi connectivity index (χ4v) is 3.73. The fraction of sp³-hybridized carbons (Fsp3) is 0.800. The number of aromatic nitrogens is 2. The molecule has 1 saturated carbocycles. The van der Waals surface area contributed by atoms with Crippen LogP contribution in [0.1, 0.15) is 37.9 Å². The van der Waals surface area contributed by atoms with Crippen LogP contribution >= 0.6 is 0 Å². The molecule has 1 fully saturated rings. The fourth-order valence-electron chi connectivity index (χ4n) is 3.73. The van der Waals surface area contributed by atoms with E-state index in [1.807, 2.05) is 6.20 Å². The predicted octanol–water partition coefficient (Wildman–Crippen LogP) is 1.68. The van der Waals surface area contributed by atoms with Crippen molar-refractivity contribution in [3.63, 3.8) is 0 Å². The Balaban J connectivity index is 1.57. The maximum absolute atomic E-state index is 10.1. The van der Waals surface area contributed by atoms with Gasteiger partial charge in [-0.2, -0.15) is 0 Å². The molecule has 2 heterocycles. The highest BCUT2D eigenvalue weighted by atomic mass is 16.3. The predicted molar refractivity (Wildman–Crippen MR) is 74.9 cm³/mol. The maximum atomic E-state index is 10.1. The second-order valence-electron chi connectivity index (χ2n) is 6.26. The summed E-state index contributed by atoms with van der Waals surface area (Å²) in [5.41, 5.74) is 0. The van der Waals surface area contributed by atoms with Crippen LogP contribution in [-0.2, 0) is 13.0 Å². The van der Waals surface area contributed by atoms with Crippen molar-refractivity contribution >= 4 is 0 Å². The molecule has 0 unspecified atom stereocenters. The summed E-state index contributed by atoms with van der Waals surface area (Å²) in [7, 11) is 2.18. The van der Waals surface area contributed by atoms with Crippen molar-refractivity contribution in [2.45, 2.75) is 57.2 Å². The lowest BCUT2D eigenvalue weighted by atomic mass is 9.90. The summed E-state index contributed by atoms with van der Waals surface area (Å²) in [6.07, 6.45) is 10.8. The molecule has 4 heteroatoms. The van der Waals surface area contributed by atoms with Crippen LogP contribution in [0.4, 0.5) is 0 Å². The van der Waals surface area contributed by atoms with Gasteiger partial charge in [0.25, 0.3) is 0 Å².